The number of fused-ring (bicyclic) bond motifs is 3. The van der Waals surface area contributed by atoms with Crippen molar-refractivity contribution >= 4 is 28.6 Å². The number of methoxy groups -OCH3 is 1. The summed E-state index contributed by atoms with van der Waals surface area (Å²) >= 11 is 1.88. The molecule has 31 heavy (non-hydrogen) atoms. The third-order valence-corrected chi connectivity index (χ3v) is 7.09. The van der Waals surface area contributed by atoms with Gasteiger partial charge in [-0.3, -0.25) is 0 Å². The molecular formula is C24H25N5OS. The minimum absolute atomic E-state index is 0.337. The molecule has 2 aromatic heterocycles. The summed E-state index contributed by atoms with van der Waals surface area (Å²) in [6, 6.07) is 16.6. The van der Waals surface area contributed by atoms with Crippen molar-refractivity contribution in [2.45, 2.75) is 29.7 Å². The van der Waals surface area contributed by atoms with Crippen LogP contribution in [0.5, 0.6) is 5.75 Å². The first-order chi connectivity index (χ1) is 15.2. The van der Waals surface area contributed by atoms with Crippen molar-refractivity contribution in [3.63, 3.8) is 0 Å². The Morgan fingerprint density at radius 1 is 1.19 bits per heavy atom. The summed E-state index contributed by atoms with van der Waals surface area (Å²) in [6.45, 7) is 1.23. The number of aromatic nitrogens is 3. The Hall–Kier alpha value is -3.03. The van der Waals surface area contributed by atoms with E-state index in [0.717, 1.165) is 45.8 Å². The van der Waals surface area contributed by atoms with Crippen LogP contribution in [0.15, 0.2) is 59.8 Å². The average molecular weight is 432 g/mol. The van der Waals surface area contributed by atoms with Crippen LogP contribution in [0.2, 0.25) is 0 Å². The SMILES string of the molecule is COc1ccc(CNc2nc3c(c4c2ncn4C)SC(c2cccc(CN)c2)C3)cc1. The average Bonchev–Trinajstić information content (AvgIpc) is 3.41. The first kappa shape index (κ1) is 19.9. The van der Waals surface area contributed by atoms with Gasteiger partial charge in [0.1, 0.15) is 11.3 Å². The molecule has 4 aromatic rings. The number of imidazole rings is 1. The topological polar surface area (TPSA) is 78.0 Å². The number of nitrogens with two attached hydrogens (primary N) is 1. The van der Waals surface area contributed by atoms with Crippen LogP contribution in [0.25, 0.3) is 11.0 Å². The molecule has 3 N–H and O–H groups in total. The van der Waals surface area contributed by atoms with Gasteiger partial charge < -0.3 is 20.4 Å². The molecule has 0 fully saturated rings. The molecule has 3 heterocycles. The zero-order valence-corrected chi connectivity index (χ0v) is 18.4. The molecule has 0 spiro atoms. The zero-order chi connectivity index (χ0) is 21.4. The van der Waals surface area contributed by atoms with Gasteiger partial charge in [0.15, 0.2) is 5.82 Å². The first-order valence-corrected chi connectivity index (χ1v) is 11.2. The van der Waals surface area contributed by atoms with Crippen LogP contribution >= 0.6 is 11.8 Å². The Morgan fingerprint density at radius 2 is 2.03 bits per heavy atom. The number of benzene rings is 2. The van der Waals surface area contributed by atoms with E-state index in [2.05, 4.69) is 51.3 Å². The van der Waals surface area contributed by atoms with E-state index < -0.39 is 0 Å². The number of hydrogen-bond acceptors (Lipinski definition) is 6. The Kier molecular flexibility index (Phi) is 5.29. The van der Waals surface area contributed by atoms with Gasteiger partial charge in [0.2, 0.25) is 0 Å². The standard InChI is InChI=1S/C24H25N5OS/c1-29-14-27-21-22(29)23-19(11-20(31-23)17-5-3-4-16(10-17)12-25)28-24(21)26-13-15-6-8-18(30-2)9-7-15/h3-10,14,20H,11-13,25H2,1-2H3,(H,26,28). The van der Waals surface area contributed by atoms with Gasteiger partial charge in [-0.05, 0) is 28.8 Å². The fraction of sp³-hybridized carbons (Fsp3) is 0.250. The molecule has 2 aromatic carbocycles. The number of ether oxygens (including phenoxy) is 1. The predicted octanol–water partition coefficient (Wildman–Crippen LogP) is 4.44. The Labute approximate surface area is 185 Å². The van der Waals surface area contributed by atoms with Crippen LogP contribution in [0.1, 0.15) is 27.6 Å². The summed E-state index contributed by atoms with van der Waals surface area (Å²) in [5.74, 6) is 1.69. The normalized spacial score (nSPS) is 15.3. The van der Waals surface area contributed by atoms with Crippen molar-refractivity contribution in [3.8, 4) is 5.75 Å². The maximum absolute atomic E-state index is 5.85. The zero-order valence-electron chi connectivity index (χ0n) is 17.6. The number of rotatable bonds is 6. The molecule has 1 unspecified atom stereocenters. The number of thioether (sulfide) groups is 1. The molecule has 1 atom stereocenters. The molecule has 0 saturated carbocycles. The van der Waals surface area contributed by atoms with Crippen molar-refractivity contribution in [2.75, 3.05) is 12.4 Å². The molecular weight excluding hydrogens is 406 g/mol. The fourth-order valence-electron chi connectivity index (χ4n) is 4.03. The monoisotopic (exact) mass is 431 g/mol. The van der Waals surface area contributed by atoms with E-state index in [1.165, 1.54) is 10.5 Å². The van der Waals surface area contributed by atoms with Gasteiger partial charge in [-0.1, -0.05) is 36.4 Å². The highest BCUT2D eigenvalue weighted by atomic mass is 32.2. The molecule has 158 valence electrons. The molecule has 1 aliphatic heterocycles. The number of nitrogens with one attached hydrogen (secondary N) is 1. The lowest BCUT2D eigenvalue weighted by molar-refractivity contribution is 0.414. The highest BCUT2D eigenvalue weighted by molar-refractivity contribution is 8.00. The van der Waals surface area contributed by atoms with E-state index in [-0.39, 0.29) is 0 Å². The van der Waals surface area contributed by atoms with Crippen LogP contribution in [0, 0.1) is 0 Å². The van der Waals surface area contributed by atoms with Gasteiger partial charge in [-0.25, -0.2) is 9.97 Å². The second kappa shape index (κ2) is 8.24. The second-order valence-corrected chi connectivity index (χ2v) is 8.96. The van der Waals surface area contributed by atoms with Gasteiger partial charge in [-0.2, -0.15) is 0 Å². The lowest BCUT2D eigenvalue weighted by Crippen LogP contribution is -2.05. The van der Waals surface area contributed by atoms with Crippen molar-refractivity contribution in [1.29, 1.82) is 0 Å². The minimum atomic E-state index is 0.337. The smallest absolute Gasteiger partial charge is 0.154 e. The molecule has 0 radical (unpaired) electrons. The van der Waals surface area contributed by atoms with Crippen LogP contribution in [0.4, 0.5) is 5.82 Å². The highest BCUT2D eigenvalue weighted by Gasteiger charge is 2.30. The lowest BCUT2D eigenvalue weighted by Gasteiger charge is -2.10. The number of anilines is 1. The highest BCUT2D eigenvalue weighted by Crippen LogP contribution is 2.49. The van der Waals surface area contributed by atoms with Crippen LogP contribution < -0.4 is 15.8 Å². The number of pyridine rings is 1. The summed E-state index contributed by atoms with van der Waals surface area (Å²) in [7, 11) is 3.73. The summed E-state index contributed by atoms with van der Waals surface area (Å²) in [5, 5.41) is 3.84. The number of aryl methyl sites for hydroxylation is 1. The summed E-state index contributed by atoms with van der Waals surface area (Å²) < 4.78 is 7.35. The Balaban J connectivity index is 1.45. The lowest BCUT2D eigenvalue weighted by atomic mass is 10.0. The molecule has 0 bridgehead atoms. The largest absolute Gasteiger partial charge is 0.497 e. The second-order valence-electron chi connectivity index (χ2n) is 7.75. The third-order valence-electron chi connectivity index (χ3n) is 5.70. The molecule has 6 nitrogen and oxygen atoms in total. The maximum Gasteiger partial charge on any atom is 0.154 e. The molecule has 0 amide bonds. The molecule has 7 heteroatoms. The molecule has 1 aliphatic rings. The first-order valence-electron chi connectivity index (χ1n) is 10.3. The number of nitrogens with zero attached hydrogens (tertiary/aromatic N) is 3. The van der Waals surface area contributed by atoms with E-state index >= 15 is 0 Å². The van der Waals surface area contributed by atoms with Gasteiger partial charge in [0.25, 0.3) is 0 Å². The quantitative estimate of drug-likeness (QED) is 0.470. The van der Waals surface area contributed by atoms with E-state index in [0.29, 0.717) is 18.3 Å². The minimum Gasteiger partial charge on any atom is -0.497 e. The van der Waals surface area contributed by atoms with E-state index in [1.807, 2.05) is 37.3 Å². The van der Waals surface area contributed by atoms with Gasteiger partial charge in [-0.15, -0.1) is 11.8 Å². The van der Waals surface area contributed by atoms with E-state index in [4.69, 9.17) is 15.5 Å². The molecule has 0 aliphatic carbocycles. The van der Waals surface area contributed by atoms with Crippen molar-refractivity contribution < 1.29 is 4.74 Å². The van der Waals surface area contributed by atoms with E-state index in [1.54, 1.807) is 7.11 Å². The van der Waals surface area contributed by atoms with Crippen molar-refractivity contribution in [3.05, 3.63) is 77.2 Å². The predicted molar refractivity (Wildman–Crippen MR) is 125 cm³/mol. The van der Waals surface area contributed by atoms with Crippen molar-refractivity contribution in [1.82, 2.24) is 14.5 Å². The van der Waals surface area contributed by atoms with Crippen molar-refractivity contribution in [2.24, 2.45) is 12.8 Å². The maximum atomic E-state index is 5.85. The van der Waals surface area contributed by atoms with Gasteiger partial charge in [0.05, 0.1) is 29.5 Å². The van der Waals surface area contributed by atoms with E-state index in [9.17, 15) is 0 Å². The summed E-state index contributed by atoms with van der Waals surface area (Å²) in [6.07, 6.45) is 2.76. The molecule has 5 rings (SSSR count). The fourth-order valence-corrected chi connectivity index (χ4v) is 5.45. The summed E-state index contributed by atoms with van der Waals surface area (Å²) in [5.41, 5.74) is 12.7. The summed E-state index contributed by atoms with van der Waals surface area (Å²) in [4.78, 5) is 10.9. The Morgan fingerprint density at radius 3 is 2.81 bits per heavy atom. The van der Waals surface area contributed by atoms with Crippen LogP contribution in [-0.2, 0) is 26.6 Å². The Bertz CT molecular complexity index is 1230. The molecule has 0 saturated heterocycles. The van der Waals surface area contributed by atoms with Gasteiger partial charge in [0, 0.05) is 31.8 Å². The number of hydrogen-bond donors (Lipinski definition) is 2. The van der Waals surface area contributed by atoms with Gasteiger partial charge >= 0.3 is 0 Å². The van der Waals surface area contributed by atoms with Crippen LogP contribution in [0.3, 0.4) is 0 Å². The van der Waals surface area contributed by atoms with Crippen LogP contribution in [-0.4, -0.2) is 21.6 Å². The third kappa shape index (κ3) is 3.75.